The molecule has 1 aliphatic heterocycles. The van der Waals surface area contributed by atoms with Gasteiger partial charge in [-0.05, 0) is 18.2 Å². The maximum atomic E-state index is 13.3. The minimum Gasteiger partial charge on any atom is -0.396 e. The Kier molecular flexibility index (Phi) is 3.60. The van der Waals surface area contributed by atoms with Crippen LogP contribution >= 0.6 is 11.8 Å². The summed E-state index contributed by atoms with van der Waals surface area (Å²) < 4.78 is 39.0. The number of nitrogen functional groups attached to an aromatic ring is 1. The summed E-state index contributed by atoms with van der Waals surface area (Å²) in [7, 11) is -3.58. The van der Waals surface area contributed by atoms with Crippen LogP contribution in [0.3, 0.4) is 0 Å². The van der Waals surface area contributed by atoms with Crippen LogP contribution in [-0.2, 0) is 10.0 Å². The highest BCUT2D eigenvalue weighted by Gasteiger charge is 2.26. The van der Waals surface area contributed by atoms with Crippen LogP contribution in [0.15, 0.2) is 23.1 Å². The first-order valence-electron chi connectivity index (χ1n) is 5.15. The van der Waals surface area contributed by atoms with Gasteiger partial charge in [0.15, 0.2) is 0 Å². The molecule has 0 bridgehead atoms. The van der Waals surface area contributed by atoms with Gasteiger partial charge in [0.05, 0.1) is 10.6 Å². The quantitative estimate of drug-likeness (QED) is 0.823. The Morgan fingerprint density at radius 3 is 2.53 bits per heavy atom. The van der Waals surface area contributed by atoms with Crippen LogP contribution in [-0.4, -0.2) is 37.3 Å². The van der Waals surface area contributed by atoms with Crippen LogP contribution in [0.4, 0.5) is 10.1 Å². The number of benzene rings is 1. The SMILES string of the molecule is Nc1ccc(S(=O)(=O)N2CCSCC2)cc1F. The lowest BCUT2D eigenvalue weighted by molar-refractivity contribution is 0.443. The lowest BCUT2D eigenvalue weighted by Gasteiger charge is -2.25. The van der Waals surface area contributed by atoms with Gasteiger partial charge in [-0.3, -0.25) is 0 Å². The van der Waals surface area contributed by atoms with Crippen molar-refractivity contribution >= 4 is 27.5 Å². The summed E-state index contributed by atoms with van der Waals surface area (Å²) in [5, 5.41) is 0. The fourth-order valence-electron chi connectivity index (χ4n) is 1.60. The second kappa shape index (κ2) is 4.83. The Balaban J connectivity index is 2.33. The topological polar surface area (TPSA) is 63.4 Å². The number of thioether (sulfide) groups is 1. The average Bonchev–Trinajstić information content (AvgIpc) is 2.33. The maximum absolute atomic E-state index is 13.3. The fraction of sp³-hybridized carbons (Fsp3) is 0.400. The van der Waals surface area contributed by atoms with Crippen molar-refractivity contribution in [2.45, 2.75) is 4.90 Å². The Morgan fingerprint density at radius 2 is 1.94 bits per heavy atom. The number of rotatable bonds is 2. The van der Waals surface area contributed by atoms with Gasteiger partial charge < -0.3 is 5.73 Å². The molecule has 1 aliphatic rings. The Hall–Kier alpha value is -0.790. The molecule has 0 radical (unpaired) electrons. The smallest absolute Gasteiger partial charge is 0.243 e. The van der Waals surface area contributed by atoms with E-state index in [0.717, 1.165) is 17.6 Å². The van der Waals surface area contributed by atoms with Crippen LogP contribution < -0.4 is 5.73 Å². The standard InChI is InChI=1S/C10H13FN2O2S2/c11-9-7-8(1-2-10(9)12)17(14,15)13-3-5-16-6-4-13/h1-2,7H,3-6,12H2. The van der Waals surface area contributed by atoms with Crippen molar-refractivity contribution in [3.8, 4) is 0 Å². The second-order valence-corrected chi connectivity index (χ2v) is 6.86. The molecule has 1 fully saturated rings. The van der Waals surface area contributed by atoms with Crippen molar-refractivity contribution < 1.29 is 12.8 Å². The van der Waals surface area contributed by atoms with Crippen LogP contribution in [0.2, 0.25) is 0 Å². The van der Waals surface area contributed by atoms with Crippen LogP contribution in [0, 0.1) is 5.82 Å². The van der Waals surface area contributed by atoms with Crippen LogP contribution in [0.25, 0.3) is 0 Å². The summed E-state index contributed by atoms with van der Waals surface area (Å²) in [6, 6.07) is 3.60. The van der Waals surface area contributed by atoms with E-state index >= 15 is 0 Å². The Labute approximate surface area is 104 Å². The van der Waals surface area contributed by atoms with E-state index in [9.17, 15) is 12.8 Å². The van der Waals surface area contributed by atoms with E-state index in [1.165, 1.54) is 16.4 Å². The fourth-order valence-corrected chi connectivity index (χ4v) is 4.19. The minimum atomic E-state index is -3.58. The van der Waals surface area contributed by atoms with Crippen molar-refractivity contribution in [1.29, 1.82) is 0 Å². The Bertz CT molecular complexity index is 513. The van der Waals surface area contributed by atoms with Crippen molar-refractivity contribution in [1.82, 2.24) is 4.31 Å². The third-order valence-electron chi connectivity index (χ3n) is 2.58. The first-order valence-corrected chi connectivity index (χ1v) is 7.74. The first-order chi connectivity index (χ1) is 8.01. The number of nitrogens with two attached hydrogens (primary N) is 1. The molecule has 4 nitrogen and oxygen atoms in total. The van der Waals surface area contributed by atoms with E-state index in [-0.39, 0.29) is 10.6 Å². The van der Waals surface area contributed by atoms with Gasteiger partial charge in [0.1, 0.15) is 5.82 Å². The van der Waals surface area contributed by atoms with Gasteiger partial charge >= 0.3 is 0 Å². The minimum absolute atomic E-state index is 0.0314. The van der Waals surface area contributed by atoms with Crippen LogP contribution in [0.5, 0.6) is 0 Å². The summed E-state index contributed by atoms with van der Waals surface area (Å²) in [5.41, 5.74) is 5.28. The molecule has 0 atom stereocenters. The largest absolute Gasteiger partial charge is 0.396 e. The molecule has 7 heteroatoms. The highest BCUT2D eigenvalue weighted by molar-refractivity contribution is 7.99. The molecule has 0 saturated carbocycles. The molecule has 0 unspecified atom stereocenters. The molecule has 1 heterocycles. The summed E-state index contributed by atoms with van der Waals surface area (Å²) in [6.45, 7) is 0.942. The molecule has 1 aromatic carbocycles. The number of hydrogen-bond acceptors (Lipinski definition) is 4. The molecule has 2 rings (SSSR count). The molecule has 1 aromatic rings. The number of sulfonamides is 1. The summed E-state index contributed by atoms with van der Waals surface area (Å²) in [4.78, 5) is -0.0314. The van der Waals surface area contributed by atoms with Gasteiger partial charge in [-0.2, -0.15) is 16.1 Å². The van der Waals surface area contributed by atoms with Gasteiger partial charge in [-0.25, -0.2) is 12.8 Å². The molecule has 0 spiro atoms. The summed E-state index contributed by atoms with van der Waals surface area (Å²) in [6.07, 6.45) is 0. The highest BCUT2D eigenvalue weighted by Crippen LogP contribution is 2.22. The normalized spacial score (nSPS) is 18.2. The van der Waals surface area contributed by atoms with E-state index in [1.807, 2.05) is 0 Å². The molecular formula is C10H13FN2O2S2. The lowest BCUT2D eigenvalue weighted by Crippen LogP contribution is -2.37. The average molecular weight is 276 g/mol. The van der Waals surface area contributed by atoms with Crippen molar-refractivity contribution in [2.24, 2.45) is 0 Å². The summed E-state index contributed by atoms with van der Waals surface area (Å²) >= 11 is 1.72. The number of halogens is 1. The highest BCUT2D eigenvalue weighted by atomic mass is 32.2. The van der Waals surface area contributed by atoms with Crippen molar-refractivity contribution in [3.05, 3.63) is 24.0 Å². The molecule has 0 aromatic heterocycles. The number of hydrogen-bond donors (Lipinski definition) is 1. The summed E-state index contributed by atoms with van der Waals surface area (Å²) in [5.74, 6) is 0.852. The second-order valence-electron chi connectivity index (χ2n) is 3.70. The molecule has 0 aliphatic carbocycles. The molecule has 94 valence electrons. The zero-order valence-electron chi connectivity index (χ0n) is 9.10. The van der Waals surface area contributed by atoms with Crippen molar-refractivity contribution in [2.75, 3.05) is 30.3 Å². The molecule has 17 heavy (non-hydrogen) atoms. The van der Waals surface area contributed by atoms with Crippen LogP contribution in [0.1, 0.15) is 0 Å². The first kappa shape index (κ1) is 12.7. The Morgan fingerprint density at radius 1 is 1.29 bits per heavy atom. The maximum Gasteiger partial charge on any atom is 0.243 e. The van der Waals surface area contributed by atoms with Crippen molar-refractivity contribution in [3.63, 3.8) is 0 Å². The lowest BCUT2D eigenvalue weighted by atomic mass is 10.3. The predicted octanol–water partition coefficient (Wildman–Crippen LogP) is 1.15. The zero-order chi connectivity index (χ0) is 12.5. The zero-order valence-corrected chi connectivity index (χ0v) is 10.7. The van der Waals surface area contributed by atoms with Gasteiger partial charge in [0.2, 0.25) is 10.0 Å². The monoisotopic (exact) mass is 276 g/mol. The third kappa shape index (κ3) is 2.56. The molecular weight excluding hydrogens is 263 g/mol. The van der Waals surface area contributed by atoms with E-state index < -0.39 is 15.8 Å². The van der Waals surface area contributed by atoms with E-state index in [1.54, 1.807) is 11.8 Å². The van der Waals surface area contributed by atoms with E-state index in [2.05, 4.69) is 0 Å². The number of anilines is 1. The molecule has 0 amide bonds. The van der Waals surface area contributed by atoms with Gasteiger partial charge in [-0.15, -0.1) is 0 Å². The molecule has 2 N–H and O–H groups in total. The van der Waals surface area contributed by atoms with E-state index in [0.29, 0.717) is 13.1 Å². The van der Waals surface area contributed by atoms with E-state index in [4.69, 9.17) is 5.73 Å². The van der Waals surface area contributed by atoms with Gasteiger partial charge in [0, 0.05) is 24.6 Å². The third-order valence-corrected chi connectivity index (χ3v) is 5.42. The predicted molar refractivity (Wildman–Crippen MR) is 66.9 cm³/mol. The number of nitrogens with zero attached hydrogens (tertiary/aromatic N) is 1. The molecule has 1 saturated heterocycles. The van der Waals surface area contributed by atoms with Gasteiger partial charge in [0.25, 0.3) is 0 Å². The van der Waals surface area contributed by atoms with Gasteiger partial charge in [-0.1, -0.05) is 0 Å².